The van der Waals surface area contributed by atoms with Crippen LogP contribution in [-0.4, -0.2) is 43.4 Å². The SMILES string of the molecule is CCCCCCCCCC[N+]1(C(N)=O)CCOCC1. The van der Waals surface area contributed by atoms with Crippen molar-refractivity contribution < 1.29 is 14.0 Å². The Labute approximate surface area is 117 Å². The van der Waals surface area contributed by atoms with Gasteiger partial charge in [0.1, 0.15) is 13.1 Å². The summed E-state index contributed by atoms with van der Waals surface area (Å²) < 4.78 is 5.77. The van der Waals surface area contributed by atoms with Crippen molar-refractivity contribution in [2.24, 2.45) is 5.73 Å². The number of hydrogen-bond donors (Lipinski definition) is 1. The van der Waals surface area contributed by atoms with Gasteiger partial charge in [-0.1, -0.05) is 45.4 Å². The number of hydrogen-bond acceptors (Lipinski definition) is 2. The van der Waals surface area contributed by atoms with Crippen molar-refractivity contribution in [2.75, 3.05) is 32.8 Å². The van der Waals surface area contributed by atoms with E-state index in [-0.39, 0.29) is 6.03 Å². The molecular weight excluding hydrogens is 240 g/mol. The van der Waals surface area contributed by atoms with Crippen molar-refractivity contribution in [3.63, 3.8) is 0 Å². The van der Waals surface area contributed by atoms with Gasteiger partial charge in [0.05, 0.1) is 19.8 Å². The van der Waals surface area contributed by atoms with E-state index in [1.165, 1.54) is 44.9 Å². The van der Waals surface area contributed by atoms with Crippen LogP contribution in [0.5, 0.6) is 0 Å². The molecule has 1 heterocycles. The number of unbranched alkanes of at least 4 members (excludes halogenated alkanes) is 7. The molecule has 1 rings (SSSR count). The van der Waals surface area contributed by atoms with Crippen LogP contribution in [0.4, 0.5) is 4.79 Å². The minimum atomic E-state index is -0.175. The summed E-state index contributed by atoms with van der Waals surface area (Å²) >= 11 is 0. The van der Waals surface area contributed by atoms with Crippen molar-refractivity contribution in [1.82, 2.24) is 0 Å². The highest BCUT2D eigenvalue weighted by Crippen LogP contribution is 2.15. The summed E-state index contributed by atoms with van der Waals surface area (Å²) in [4.78, 5) is 11.7. The first-order chi connectivity index (χ1) is 9.21. The number of quaternary nitrogens is 1. The fourth-order valence-corrected chi connectivity index (χ4v) is 2.79. The van der Waals surface area contributed by atoms with Gasteiger partial charge in [-0.2, -0.15) is 0 Å². The van der Waals surface area contributed by atoms with E-state index >= 15 is 0 Å². The van der Waals surface area contributed by atoms with Crippen LogP contribution in [0.3, 0.4) is 0 Å². The summed E-state index contributed by atoms with van der Waals surface area (Å²) in [7, 11) is 0. The fourth-order valence-electron chi connectivity index (χ4n) is 2.79. The average Bonchev–Trinajstić information content (AvgIpc) is 2.42. The first kappa shape index (κ1) is 16.4. The number of morpholine rings is 1. The van der Waals surface area contributed by atoms with Crippen LogP contribution in [0.1, 0.15) is 58.3 Å². The van der Waals surface area contributed by atoms with Gasteiger partial charge in [-0.25, -0.2) is 9.28 Å². The fraction of sp³-hybridized carbons (Fsp3) is 0.933. The maximum absolute atomic E-state index is 11.7. The molecule has 0 saturated carbocycles. The van der Waals surface area contributed by atoms with Gasteiger partial charge in [0.15, 0.2) is 0 Å². The lowest BCUT2D eigenvalue weighted by atomic mass is 10.1. The molecule has 1 fully saturated rings. The van der Waals surface area contributed by atoms with Gasteiger partial charge in [-0.15, -0.1) is 0 Å². The minimum Gasteiger partial charge on any atom is -0.370 e. The average molecular weight is 271 g/mol. The van der Waals surface area contributed by atoms with E-state index in [1.807, 2.05) is 0 Å². The molecule has 2 N–H and O–H groups in total. The van der Waals surface area contributed by atoms with E-state index < -0.39 is 0 Å². The maximum Gasteiger partial charge on any atom is 0.414 e. The second kappa shape index (κ2) is 9.32. The van der Waals surface area contributed by atoms with E-state index in [4.69, 9.17) is 10.5 Å². The third-order valence-electron chi connectivity index (χ3n) is 4.23. The lowest BCUT2D eigenvalue weighted by Gasteiger charge is -2.36. The molecule has 1 saturated heterocycles. The highest BCUT2D eigenvalue weighted by Gasteiger charge is 2.36. The Morgan fingerprint density at radius 3 is 2.05 bits per heavy atom. The summed E-state index contributed by atoms with van der Waals surface area (Å²) in [6, 6.07) is -0.175. The molecule has 0 radical (unpaired) electrons. The molecule has 0 bridgehead atoms. The Balaban J connectivity index is 2.10. The number of rotatable bonds is 9. The van der Waals surface area contributed by atoms with Crippen LogP contribution in [0, 0.1) is 0 Å². The molecule has 0 aromatic rings. The van der Waals surface area contributed by atoms with Crippen LogP contribution in [0.15, 0.2) is 0 Å². The summed E-state index contributed by atoms with van der Waals surface area (Å²) in [5.41, 5.74) is 5.58. The molecule has 2 amide bonds. The normalized spacial score (nSPS) is 18.4. The van der Waals surface area contributed by atoms with E-state index in [2.05, 4.69) is 6.92 Å². The number of carbonyl (C=O) groups excluding carboxylic acids is 1. The monoisotopic (exact) mass is 271 g/mol. The Bertz CT molecular complexity index is 251. The van der Waals surface area contributed by atoms with Crippen LogP contribution >= 0.6 is 0 Å². The third-order valence-corrected chi connectivity index (χ3v) is 4.23. The number of nitrogens with zero attached hydrogens (tertiary/aromatic N) is 1. The molecular formula is C15H31N2O2+. The topological polar surface area (TPSA) is 52.3 Å². The zero-order valence-corrected chi connectivity index (χ0v) is 12.5. The van der Waals surface area contributed by atoms with Crippen molar-refractivity contribution in [1.29, 1.82) is 0 Å². The number of urea groups is 1. The summed E-state index contributed by atoms with van der Waals surface area (Å²) in [6.45, 7) is 5.99. The van der Waals surface area contributed by atoms with E-state index in [9.17, 15) is 4.79 Å². The molecule has 4 nitrogen and oxygen atoms in total. The number of primary amides is 1. The molecule has 19 heavy (non-hydrogen) atoms. The molecule has 1 aliphatic heterocycles. The minimum absolute atomic E-state index is 0.175. The lowest BCUT2D eigenvalue weighted by Crippen LogP contribution is -2.61. The molecule has 0 aromatic heterocycles. The molecule has 112 valence electrons. The maximum atomic E-state index is 11.7. The summed E-state index contributed by atoms with van der Waals surface area (Å²) in [6.07, 6.45) is 10.4. The molecule has 0 atom stereocenters. The van der Waals surface area contributed by atoms with Gasteiger partial charge < -0.3 is 10.5 Å². The first-order valence-electron chi connectivity index (χ1n) is 7.95. The van der Waals surface area contributed by atoms with Crippen LogP contribution in [-0.2, 0) is 4.74 Å². The van der Waals surface area contributed by atoms with Gasteiger partial charge in [-0.3, -0.25) is 0 Å². The van der Waals surface area contributed by atoms with E-state index in [1.54, 1.807) is 0 Å². The van der Waals surface area contributed by atoms with Gasteiger partial charge in [0.2, 0.25) is 0 Å². The van der Waals surface area contributed by atoms with Gasteiger partial charge >= 0.3 is 6.03 Å². The predicted molar refractivity (Wildman–Crippen MR) is 77.9 cm³/mol. The molecule has 0 unspecified atom stereocenters. The number of nitrogens with two attached hydrogens (primary N) is 1. The van der Waals surface area contributed by atoms with Gasteiger partial charge in [0.25, 0.3) is 0 Å². The number of carbonyl (C=O) groups is 1. The summed E-state index contributed by atoms with van der Waals surface area (Å²) in [5, 5.41) is 0. The van der Waals surface area contributed by atoms with Crippen molar-refractivity contribution in [2.45, 2.75) is 58.3 Å². The first-order valence-corrected chi connectivity index (χ1v) is 7.95. The third kappa shape index (κ3) is 5.91. The molecule has 0 spiro atoms. The Morgan fingerprint density at radius 1 is 1.00 bits per heavy atom. The Morgan fingerprint density at radius 2 is 1.53 bits per heavy atom. The van der Waals surface area contributed by atoms with E-state index in [0.717, 1.165) is 26.1 Å². The summed E-state index contributed by atoms with van der Waals surface area (Å²) in [5.74, 6) is 0. The second-order valence-corrected chi connectivity index (χ2v) is 5.74. The number of ether oxygens (including phenoxy) is 1. The Kier molecular flexibility index (Phi) is 8.07. The zero-order chi connectivity index (χ0) is 14.0. The second-order valence-electron chi connectivity index (χ2n) is 5.74. The van der Waals surface area contributed by atoms with Crippen molar-refractivity contribution in [3.8, 4) is 0 Å². The van der Waals surface area contributed by atoms with Gasteiger partial charge in [0, 0.05) is 0 Å². The van der Waals surface area contributed by atoms with Crippen LogP contribution in [0.2, 0.25) is 0 Å². The van der Waals surface area contributed by atoms with Crippen LogP contribution in [0.25, 0.3) is 0 Å². The quantitative estimate of drug-likeness (QED) is 0.517. The lowest BCUT2D eigenvalue weighted by molar-refractivity contribution is -0.858. The molecule has 0 aliphatic carbocycles. The zero-order valence-electron chi connectivity index (χ0n) is 12.5. The van der Waals surface area contributed by atoms with Crippen molar-refractivity contribution in [3.05, 3.63) is 0 Å². The standard InChI is InChI=1S/C15H30N2O2/c1-2-3-4-5-6-7-8-9-10-17(15(16)18)11-13-19-14-12-17/h2-14H2,1H3,(H-,16,18)/p+1. The molecule has 0 aromatic carbocycles. The van der Waals surface area contributed by atoms with Gasteiger partial charge in [-0.05, 0) is 12.8 Å². The predicted octanol–water partition coefficient (Wildman–Crippen LogP) is 3.05. The smallest absolute Gasteiger partial charge is 0.370 e. The molecule has 4 heteroatoms. The largest absolute Gasteiger partial charge is 0.414 e. The van der Waals surface area contributed by atoms with E-state index in [0.29, 0.717) is 17.7 Å². The Hall–Kier alpha value is -0.610. The van der Waals surface area contributed by atoms with Crippen LogP contribution < -0.4 is 5.73 Å². The van der Waals surface area contributed by atoms with Crippen molar-refractivity contribution >= 4 is 6.03 Å². The highest BCUT2D eigenvalue weighted by atomic mass is 16.5. The molecule has 1 aliphatic rings. The number of amides is 2. The highest BCUT2D eigenvalue weighted by molar-refractivity contribution is 5.64.